The van der Waals surface area contributed by atoms with E-state index >= 15 is 0 Å². The number of pyridine rings is 1. The van der Waals surface area contributed by atoms with Crippen molar-refractivity contribution in [2.45, 2.75) is 13.3 Å². The predicted octanol–water partition coefficient (Wildman–Crippen LogP) is 1.65. The van der Waals surface area contributed by atoms with Crippen LogP contribution in [0, 0.1) is 11.3 Å². The molecule has 0 aliphatic rings. The van der Waals surface area contributed by atoms with Gasteiger partial charge in [-0.15, -0.1) is 0 Å². The SMILES string of the molecule is COCCN(CCC#N)c1ccc(C(C)=O)nc1. The summed E-state index contributed by atoms with van der Waals surface area (Å²) in [6.45, 7) is 3.39. The summed E-state index contributed by atoms with van der Waals surface area (Å²) in [7, 11) is 1.64. The second-order valence-corrected chi connectivity index (χ2v) is 3.85. The first kappa shape index (κ1) is 14.1. The fourth-order valence-electron chi connectivity index (χ4n) is 1.54. The molecule has 1 heterocycles. The van der Waals surface area contributed by atoms with Crippen LogP contribution in [0.4, 0.5) is 5.69 Å². The number of anilines is 1. The van der Waals surface area contributed by atoms with Crippen molar-refractivity contribution in [2.24, 2.45) is 0 Å². The fourth-order valence-corrected chi connectivity index (χ4v) is 1.54. The molecule has 0 unspecified atom stereocenters. The number of hydrogen-bond donors (Lipinski definition) is 0. The number of ether oxygens (including phenoxy) is 1. The molecule has 0 radical (unpaired) electrons. The molecular formula is C13H17N3O2. The van der Waals surface area contributed by atoms with Crippen molar-refractivity contribution < 1.29 is 9.53 Å². The minimum absolute atomic E-state index is 0.0537. The number of carbonyl (C=O) groups is 1. The minimum Gasteiger partial charge on any atom is -0.383 e. The van der Waals surface area contributed by atoms with Crippen LogP contribution >= 0.6 is 0 Å². The molecule has 0 aliphatic heterocycles. The van der Waals surface area contributed by atoms with E-state index in [4.69, 9.17) is 10.00 Å². The molecule has 0 spiro atoms. The largest absolute Gasteiger partial charge is 0.383 e. The van der Waals surface area contributed by atoms with Crippen molar-refractivity contribution in [1.29, 1.82) is 5.26 Å². The smallest absolute Gasteiger partial charge is 0.178 e. The lowest BCUT2D eigenvalue weighted by atomic mass is 10.2. The molecule has 0 aromatic carbocycles. The highest BCUT2D eigenvalue weighted by atomic mass is 16.5. The standard InChI is InChI=1S/C13H17N3O2/c1-11(17)13-5-4-12(10-15-13)16(7-3-6-14)8-9-18-2/h4-5,10H,3,7-9H2,1-2H3. The molecule has 1 rings (SSSR count). The summed E-state index contributed by atoms with van der Waals surface area (Å²) in [5.41, 5.74) is 1.35. The number of nitrogens with zero attached hydrogens (tertiary/aromatic N) is 3. The predicted molar refractivity (Wildman–Crippen MR) is 68.6 cm³/mol. The van der Waals surface area contributed by atoms with Gasteiger partial charge in [0.25, 0.3) is 0 Å². The average Bonchev–Trinajstić information content (AvgIpc) is 2.39. The molecule has 96 valence electrons. The molecule has 0 atom stereocenters. The third kappa shape index (κ3) is 4.15. The first-order valence-electron chi connectivity index (χ1n) is 5.77. The van der Waals surface area contributed by atoms with Crippen molar-refractivity contribution in [2.75, 3.05) is 31.7 Å². The lowest BCUT2D eigenvalue weighted by molar-refractivity contribution is 0.101. The van der Waals surface area contributed by atoms with Crippen molar-refractivity contribution >= 4 is 11.5 Å². The highest BCUT2D eigenvalue weighted by Crippen LogP contribution is 2.13. The van der Waals surface area contributed by atoms with E-state index in [1.54, 1.807) is 19.4 Å². The second kappa shape index (κ2) is 7.41. The second-order valence-electron chi connectivity index (χ2n) is 3.85. The molecule has 5 heteroatoms. The van der Waals surface area contributed by atoms with E-state index in [0.717, 1.165) is 5.69 Å². The monoisotopic (exact) mass is 247 g/mol. The van der Waals surface area contributed by atoms with Crippen LogP contribution in [0.1, 0.15) is 23.8 Å². The summed E-state index contributed by atoms with van der Waals surface area (Å²) in [5, 5.41) is 8.64. The highest BCUT2D eigenvalue weighted by molar-refractivity contribution is 5.92. The maximum atomic E-state index is 11.1. The van der Waals surface area contributed by atoms with Gasteiger partial charge in [0.15, 0.2) is 5.78 Å². The van der Waals surface area contributed by atoms with Crippen LogP contribution in [-0.4, -0.2) is 37.6 Å². The van der Waals surface area contributed by atoms with Gasteiger partial charge in [0.1, 0.15) is 5.69 Å². The summed E-state index contributed by atoms with van der Waals surface area (Å²) in [4.78, 5) is 17.2. The van der Waals surface area contributed by atoms with Gasteiger partial charge in [-0.05, 0) is 12.1 Å². The van der Waals surface area contributed by atoms with Gasteiger partial charge in [0.05, 0.1) is 31.0 Å². The Balaban J connectivity index is 2.77. The van der Waals surface area contributed by atoms with Crippen molar-refractivity contribution in [3.8, 4) is 6.07 Å². The fraction of sp³-hybridized carbons (Fsp3) is 0.462. The number of Topliss-reactive ketones (excluding diaryl/α,β-unsaturated/α-hetero) is 1. The number of carbonyl (C=O) groups excluding carboxylic acids is 1. The van der Waals surface area contributed by atoms with Gasteiger partial charge in [0, 0.05) is 27.1 Å². The van der Waals surface area contributed by atoms with Crippen LogP contribution < -0.4 is 4.90 Å². The summed E-state index contributed by atoms with van der Waals surface area (Å²) in [6.07, 6.45) is 2.10. The molecule has 0 aliphatic carbocycles. The van der Waals surface area contributed by atoms with E-state index < -0.39 is 0 Å². The van der Waals surface area contributed by atoms with Gasteiger partial charge in [-0.2, -0.15) is 5.26 Å². The third-order valence-corrected chi connectivity index (χ3v) is 2.53. The zero-order valence-corrected chi connectivity index (χ0v) is 10.7. The average molecular weight is 247 g/mol. The Labute approximate surface area is 107 Å². The van der Waals surface area contributed by atoms with Gasteiger partial charge in [-0.3, -0.25) is 9.78 Å². The summed E-state index contributed by atoms with van der Waals surface area (Å²) >= 11 is 0. The summed E-state index contributed by atoms with van der Waals surface area (Å²) in [5.74, 6) is -0.0537. The zero-order chi connectivity index (χ0) is 13.4. The van der Waals surface area contributed by atoms with Crippen molar-refractivity contribution in [3.63, 3.8) is 0 Å². The van der Waals surface area contributed by atoms with E-state index in [0.29, 0.717) is 31.8 Å². The normalized spacial score (nSPS) is 9.83. The third-order valence-electron chi connectivity index (χ3n) is 2.53. The lowest BCUT2D eigenvalue weighted by Gasteiger charge is -2.23. The Morgan fingerprint density at radius 1 is 1.50 bits per heavy atom. The van der Waals surface area contributed by atoms with Crippen LogP contribution in [0.15, 0.2) is 18.3 Å². The zero-order valence-electron chi connectivity index (χ0n) is 10.7. The maximum absolute atomic E-state index is 11.1. The van der Waals surface area contributed by atoms with Crippen LogP contribution in [0.5, 0.6) is 0 Å². The Kier molecular flexibility index (Phi) is 5.81. The molecule has 5 nitrogen and oxygen atoms in total. The Hall–Kier alpha value is -1.93. The summed E-state index contributed by atoms with van der Waals surface area (Å²) in [6, 6.07) is 5.66. The number of ketones is 1. The number of methoxy groups -OCH3 is 1. The molecular weight excluding hydrogens is 230 g/mol. The van der Waals surface area contributed by atoms with Crippen LogP contribution in [0.25, 0.3) is 0 Å². The topological polar surface area (TPSA) is 66.2 Å². The van der Waals surface area contributed by atoms with Crippen LogP contribution in [0.3, 0.4) is 0 Å². The number of nitriles is 1. The van der Waals surface area contributed by atoms with E-state index in [1.807, 2.05) is 11.0 Å². The van der Waals surface area contributed by atoms with Gasteiger partial charge in [0.2, 0.25) is 0 Å². The van der Waals surface area contributed by atoms with E-state index in [2.05, 4.69) is 11.1 Å². The molecule has 1 aromatic rings. The van der Waals surface area contributed by atoms with Crippen molar-refractivity contribution in [1.82, 2.24) is 4.98 Å². The van der Waals surface area contributed by atoms with E-state index in [-0.39, 0.29) is 5.78 Å². The Morgan fingerprint density at radius 3 is 2.78 bits per heavy atom. The van der Waals surface area contributed by atoms with Crippen LogP contribution in [-0.2, 0) is 4.74 Å². The Morgan fingerprint density at radius 2 is 2.28 bits per heavy atom. The molecule has 0 saturated heterocycles. The quantitative estimate of drug-likeness (QED) is 0.685. The van der Waals surface area contributed by atoms with Gasteiger partial charge < -0.3 is 9.64 Å². The first-order chi connectivity index (χ1) is 8.69. The van der Waals surface area contributed by atoms with Gasteiger partial charge >= 0.3 is 0 Å². The molecule has 18 heavy (non-hydrogen) atoms. The highest BCUT2D eigenvalue weighted by Gasteiger charge is 2.07. The first-order valence-corrected chi connectivity index (χ1v) is 5.77. The van der Waals surface area contributed by atoms with E-state index in [1.165, 1.54) is 6.92 Å². The maximum Gasteiger partial charge on any atom is 0.178 e. The van der Waals surface area contributed by atoms with Crippen molar-refractivity contribution in [3.05, 3.63) is 24.0 Å². The number of rotatable bonds is 7. The van der Waals surface area contributed by atoms with Crippen LogP contribution in [0.2, 0.25) is 0 Å². The molecule has 0 fully saturated rings. The molecule has 0 bridgehead atoms. The Bertz CT molecular complexity index is 423. The molecule has 0 amide bonds. The van der Waals surface area contributed by atoms with Gasteiger partial charge in [-0.1, -0.05) is 0 Å². The summed E-state index contributed by atoms with van der Waals surface area (Å²) < 4.78 is 5.04. The number of aromatic nitrogens is 1. The van der Waals surface area contributed by atoms with E-state index in [9.17, 15) is 4.79 Å². The molecule has 1 aromatic heterocycles. The molecule has 0 N–H and O–H groups in total. The lowest BCUT2D eigenvalue weighted by Crippen LogP contribution is -2.28. The number of hydrogen-bond acceptors (Lipinski definition) is 5. The van der Waals surface area contributed by atoms with Gasteiger partial charge in [-0.25, -0.2) is 0 Å². The molecule has 0 saturated carbocycles. The minimum atomic E-state index is -0.0537.